The molecule has 0 aliphatic carbocycles. The SMILES string of the molecule is c1coc([C@@H]2Nc3ccccc3[C@@H]3OCC[C@H]23)c1. The van der Waals surface area contributed by atoms with Crippen molar-refractivity contribution in [2.75, 3.05) is 11.9 Å². The highest BCUT2D eigenvalue weighted by Gasteiger charge is 2.42. The zero-order valence-corrected chi connectivity index (χ0v) is 10.0. The molecule has 2 aromatic rings. The third-order valence-electron chi connectivity index (χ3n) is 3.99. The quantitative estimate of drug-likeness (QED) is 0.829. The van der Waals surface area contributed by atoms with Crippen LogP contribution in [0.4, 0.5) is 5.69 Å². The van der Waals surface area contributed by atoms with Crippen molar-refractivity contribution in [3.05, 3.63) is 54.0 Å². The predicted octanol–water partition coefficient (Wildman–Crippen LogP) is 3.52. The molecular weight excluding hydrogens is 226 g/mol. The second kappa shape index (κ2) is 3.89. The van der Waals surface area contributed by atoms with Crippen LogP contribution in [-0.4, -0.2) is 6.61 Å². The van der Waals surface area contributed by atoms with Crippen LogP contribution in [0.15, 0.2) is 47.1 Å². The Morgan fingerprint density at radius 1 is 1.11 bits per heavy atom. The Balaban J connectivity index is 1.80. The van der Waals surface area contributed by atoms with Gasteiger partial charge in [-0.2, -0.15) is 0 Å². The minimum absolute atomic E-state index is 0.206. The zero-order chi connectivity index (χ0) is 11.9. The molecule has 0 spiro atoms. The number of benzene rings is 1. The number of rotatable bonds is 1. The van der Waals surface area contributed by atoms with E-state index in [0.29, 0.717) is 5.92 Å². The van der Waals surface area contributed by atoms with Crippen LogP contribution in [-0.2, 0) is 4.74 Å². The number of anilines is 1. The Kier molecular flexibility index (Phi) is 2.20. The van der Waals surface area contributed by atoms with Crippen molar-refractivity contribution in [1.82, 2.24) is 0 Å². The number of nitrogens with one attached hydrogen (secondary N) is 1. The Bertz CT molecular complexity index is 549. The minimum Gasteiger partial charge on any atom is -0.467 e. The van der Waals surface area contributed by atoms with E-state index in [-0.39, 0.29) is 12.1 Å². The number of furan rings is 1. The van der Waals surface area contributed by atoms with Gasteiger partial charge in [-0.3, -0.25) is 0 Å². The van der Waals surface area contributed by atoms with Gasteiger partial charge in [-0.15, -0.1) is 0 Å². The molecule has 1 aromatic carbocycles. The smallest absolute Gasteiger partial charge is 0.126 e. The van der Waals surface area contributed by atoms with Gasteiger partial charge >= 0.3 is 0 Å². The standard InChI is InChI=1S/C15H15NO2/c1-2-5-12-10(4-1)15-11(7-9-18-15)14(16-12)13-6-3-8-17-13/h1-6,8,11,14-16H,7,9H2/t11-,14-,15+/m1/s1. The monoisotopic (exact) mass is 241 g/mol. The summed E-state index contributed by atoms with van der Waals surface area (Å²) < 4.78 is 11.5. The first-order valence-electron chi connectivity index (χ1n) is 6.44. The topological polar surface area (TPSA) is 34.4 Å². The molecular formula is C15H15NO2. The summed E-state index contributed by atoms with van der Waals surface area (Å²) in [6, 6.07) is 12.6. The first-order chi connectivity index (χ1) is 8.93. The van der Waals surface area contributed by atoms with E-state index in [4.69, 9.17) is 9.15 Å². The fourth-order valence-electron chi connectivity index (χ4n) is 3.17. The molecule has 3 heteroatoms. The maximum atomic E-state index is 5.93. The molecule has 3 heterocycles. The van der Waals surface area contributed by atoms with Gasteiger partial charge in [0, 0.05) is 23.8 Å². The van der Waals surface area contributed by atoms with E-state index in [2.05, 4.69) is 29.6 Å². The second-order valence-electron chi connectivity index (χ2n) is 4.97. The summed E-state index contributed by atoms with van der Waals surface area (Å²) >= 11 is 0. The van der Waals surface area contributed by atoms with Crippen LogP contribution in [0.25, 0.3) is 0 Å². The van der Waals surface area contributed by atoms with E-state index in [1.807, 2.05) is 12.1 Å². The summed E-state index contributed by atoms with van der Waals surface area (Å²) in [6.45, 7) is 0.836. The Labute approximate surface area is 106 Å². The van der Waals surface area contributed by atoms with Gasteiger partial charge in [0.1, 0.15) is 5.76 Å². The first-order valence-corrected chi connectivity index (χ1v) is 6.44. The number of hydrogen-bond acceptors (Lipinski definition) is 3. The van der Waals surface area contributed by atoms with Gasteiger partial charge in [0.05, 0.1) is 18.4 Å². The van der Waals surface area contributed by atoms with Crippen LogP contribution in [0.2, 0.25) is 0 Å². The van der Waals surface area contributed by atoms with E-state index in [9.17, 15) is 0 Å². The molecule has 1 saturated heterocycles. The van der Waals surface area contributed by atoms with Gasteiger partial charge in [0.2, 0.25) is 0 Å². The summed E-state index contributed by atoms with van der Waals surface area (Å²) in [7, 11) is 0. The molecule has 0 radical (unpaired) electrons. The lowest BCUT2D eigenvalue weighted by atomic mass is 9.83. The van der Waals surface area contributed by atoms with E-state index in [1.54, 1.807) is 6.26 Å². The van der Waals surface area contributed by atoms with E-state index in [1.165, 1.54) is 11.3 Å². The molecule has 0 bridgehead atoms. The third-order valence-corrected chi connectivity index (χ3v) is 3.99. The molecule has 0 unspecified atom stereocenters. The summed E-state index contributed by atoms with van der Waals surface area (Å²) in [5, 5.41) is 3.60. The highest BCUT2D eigenvalue weighted by molar-refractivity contribution is 5.56. The Morgan fingerprint density at radius 3 is 2.94 bits per heavy atom. The minimum atomic E-state index is 0.206. The van der Waals surface area contributed by atoms with Crippen molar-refractivity contribution < 1.29 is 9.15 Å². The van der Waals surface area contributed by atoms with Crippen molar-refractivity contribution >= 4 is 5.69 Å². The molecule has 1 fully saturated rings. The summed E-state index contributed by atoms with van der Waals surface area (Å²) in [5.41, 5.74) is 2.45. The maximum absolute atomic E-state index is 5.93. The van der Waals surface area contributed by atoms with Crippen molar-refractivity contribution in [1.29, 1.82) is 0 Å². The van der Waals surface area contributed by atoms with E-state index in [0.717, 1.165) is 18.8 Å². The van der Waals surface area contributed by atoms with E-state index >= 15 is 0 Å². The summed E-state index contributed by atoms with van der Waals surface area (Å²) in [6.07, 6.45) is 3.03. The molecule has 1 aromatic heterocycles. The summed E-state index contributed by atoms with van der Waals surface area (Å²) in [4.78, 5) is 0. The van der Waals surface area contributed by atoms with Crippen LogP contribution in [0, 0.1) is 5.92 Å². The number of ether oxygens (including phenoxy) is 1. The molecule has 3 atom stereocenters. The molecule has 2 aliphatic rings. The molecule has 4 rings (SSSR count). The largest absolute Gasteiger partial charge is 0.467 e. The van der Waals surface area contributed by atoms with Crippen LogP contribution < -0.4 is 5.32 Å². The third kappa shape index (κ3) is 1.40. The second-order valence-corrected chi connectivity index (χ2v) is 4.97. The van der Waals surface area contributed by atoms with Gasteiger partial charge in [0.15, 0.2) is 0 Å². The number of para-hydroxylation sites is 1. The Morgan fingerprint density at radius 2 is 2.06 bits per heavy atom. The molecule has 92 valence electrons. The molecule has 0 amide bonds. The molecule has 1 N–H and O–H groups in total. The molecule has 0 saturated carbocycles. The zero-order valence-electron chi connectivity index (χ0n) is 10.0. The highest BCUT2D eigenvalue weighted by atomic mass is 16.5. The van der Waals surface area contributed by atoms with E-state index < -0.39 is 0 Å². The number of fused-ring (bicyclic) bond motifs is 3. The Hall–Kier alpha value is -1.74. The molecule has 3 nitrogen and oxygen atoms in total. The summed E-state index contributed by atoms with van der Waals surface area (Å²) in [5.74, 6) is 1.47. The first kappa shape index (κ1) is 10.2. The number of hydrogen-bond donors (Lipinski definition) is 1. The van der Waals surface area contributed by atoms with Crippen molar-refractivity contribution in [2.45, 2.75) is 18.6 Å². The van der Waals surface area contributed by atoms with Gasteiger partial charge in [-0.25, -0.2) is 0 Å². The lowest BCUT2D eigenvalue weighted by Crippen LogP contribution is -2.28. The van der Waals surface area contributed by atoms with Gasteiger partial charge in [-0.05, 0) is 24.6 Å². The van der Waals surface area contributed by atoms with Gasteiger partial charge < -0.3 is 14.5 Å². The molecule has 2 aliphatic heterocycles. The lowest BCUT2D eigenvalue weighted by Gasteiger charge is -2.34. The normalized spacial score (nSPS) is 29.4. The predicted molar refractivity (Wildman–Crippen MR) is 68.3 cm³/mol. The average molecular weight is 241 g/mol. The van der Waals surface area contributed by atoms with Crippen LogP contribution in [0.3, 0.4) is 0 Å². The highest BCUT2D eigenvalue weighted by Crippen LogP contribution is 2.49. The fraction of sp³-hybridized carbons (Fsp3) is 0.333. The van der Waals surface area contributed by atoms with Crippen molar-refractivity contribution in [3.8, 4) is 0 Å². The van der Waals surface area contributed by atoms with Crippen LogP contribution >= 0.6 is 0 Å². The van der Waals surface area contributed by atoms with Crippen LogP contribution in [0.1, 0.15) is 29.9 Å². The van der Waals surface area contributed by atoms with Gasteiger partial charge in [0.25, 0.3) is 0 Å². The van der Waals surface area contributed by atoms with Gasteiger partial charge in [-0.1, -0.05) is 18.2 Å². The lowest BCUT2D eigenvalue weighted by molar-refractivity contribution is 0.0808. The van der Waals surface area contributed by atoms with Crippen molar-refractivity contribution in [2.24, 2.45) is 5.92 Å². The maximum Gasteiger partial charge on any atom is 0.126 e. The fourth-order valence-corrected chi connectivity index (χ4v) is 3.17. The average Bonchev–Trinajstić information content (AvgIpc) is 3.09. The molecule has 18 heavy (non-hydrogen) atoms. The van der Waals surface area contributed by atoms with Crippen LogP contribution in [0.5, 0.6) is 0 Å². The van der Waals surface area contributed by atoms with Crippen molar-refractivity contribution in [3.63, 3.8) is 0 Å².